The number of ether oxygens (including phenoxy) is 1. The van der Waals surface area contributed by atoms with Crippen LogP contribution in [0.2, 0.25) is 0 Å². The van der Waals surface area contributed by atoms with Crippen molar-refractivity contribution in [3.63, 3.8) is 0 Å². The maximum Gasteiger partial charge on any atom is 1.00 e. The van der Waals surface area contributed by atoms with Crippen molar-refractivity contribution >= 4 is 46.7 Å². The summed E-state index contributed by atoms with van der Waals surface area (Å²) in [5.74, 6) is -1.29. The molecular formula is C37H33BF9KN4O3. The number of aryl methyl sites for hydroxylation is 3. The standard InChI is InChI=1S/C20H16F3N3O.C15H14F3NO2.C2H3BF3.K/c1-3-13-9-15-12(2)8-17(26-18(15)16(10-13)20(21,22)23)19(27)25-11-14-6-4-5-7-24-14;1-4-21-14(20)12-7-9(3)10-5-8(2)6-11(13(10)19-12)15(16,17)18;1-2-3(4,5)6;/h3-10H,1,11H2,2H3,(H,25,27);5-7H,4H2,1-3H3;2H,1H2;/q;;-1;+1. The molecule has 0 spiro atoms. The van der Waals surface area contributed by atoms with Crippen LogP contribution in [0.1, 0.15) is 67.0 Å². The van der Waals surface area contributed by atoms with Gasteiger partial charge in [-0.15, -0.1) is 6.58 Å². The summed E-state index contributed by atoms with van der Waals surface area (Å²) in [4.78, 5) is 36.1. The Morgan fingerprint density at radius 3 is 1.84 bits per heavy atom. The van der Waals surface area contributed by atoms with Crippen LogP contribution < -0.4 is 56.7 Å². The number of esters is 1. The summed E-state index contributed by atoms with van der Waals surface area (Å²) >= 11 is 0. The van der Waals surface area contributed by atoms with Crippen LogP contribution >= 0.6 is 0 Å². The molecule has 0 atom stereocenters. The molecule has 1 N–H and O–H groups in total. The second kappa shape index (κ2) is 19.7. The number of amides is 1. The van der Waals surface area contributed by atoms with Crippen molar-refractivity contribution in [2.45, 2.75) is 46.6 Å². The molecule has 5 rings (SSSR count). The molecule has 0 fully saturated rings. The van der Waals surface area contributed by atoms with Crippen LogP contribution in [0.25, 0.3) is 27.9 Å². The van der Waals surface area contributed by atoms with Gasteiger partial charge in [0.1, 0.15) is 11.4 Å². The number of hydrogen-bond acceptors (Lipinski definition) is 6. The summed E-state index contributed by atoms with van der Waals surface area (Å²) in [6.45, 7) is 8.14. The predicted molar refractivity (Wildman–Crippen MR) is 188 cm³/mol. The van der Waals surface area contributed by atoms with Crippen LogP contribution in [0, 0.1) is 20.8 Å². The van der Waals surface area contributed by atoms with Crippen LogP contribution in [0.15, 0.2) is 79.9 Å². The van der Waals surface area contributed by atoms with Crippen molar-refractivity contribution in [1.82, 2.24) is 20.3 Å². The Hall–Kier alpha value is -4.10. The maximum atomic E-state index is 13.5. The molecule has 0 unspecified atom stereocenters. The maximum absolute atomic E-state index is 13.5. The van der Waals surface area contributed by atoms with Gasteiger partial charge in [-0.05, 0) is 98.5 Å². The Labute approximate surface area is 353 Å². The first-order valence-electron chi connectivity index (χ1n) is 15.9. The molecule has 3 heterocycles. The molecule has 0 radical (unpaired) electrons. The van der Waals surface area contributed by atoms with Crippen molar-refractivity contribution < 1.29 is 105 Å². The molecule has 0 aliphatic carbocycles. The molecular weight excluding hydrogens is 769 g/mol. The number of pyridine rings is 3. The zero-order chi connectivity index (χ0) is 40.6. The van der Waals surface area contributed by atoms with E-state index >= 15 is 0 Å². The molecule has 286 valence electrons. The monoisotopic (exact) mass is 802 g/mol. The molecule has 0 saturated heterocycles. The van der Waals surface area contributed by atoms with E-state index in [9.17, 15) is 48.9 Å². The number of alkyl halides is 6. The fourth-order valence-electron chi connectivity index (χ4n) is 4.89. The Balaban J connectivity index is 0.000000333. The minimum absolute atomic E-state index is 0. The van der Waals surface area contributed by atoms with Crippen LogP contribution in [-0.2, 0) is 23.6 Å². The van der Waals surface area contributed by atoms with E-state index in [4.69, 9.17) is 4.74 Å². The average molecular weight is 803 g/mol. The third-order valence-corrected chi connectivity index (χ3v) is 7.39. The Morgan fingerprint density at radius 1 is 0.818 bits per heavy atom. The smallest absolute Gasteiger partial charge is 0.461 e. The normalized spacial score (nSPS) is 11.3. The van der Waals surface area contributed by atoms with Gasteiger partial charge in [-0.1, -0.05) is 18.7 Å². The number of carbonyl (C=O) groups excluding carboxylic acids is 2. The Bertz CT molecular complexity index is 2180. The van der Waals surface area contributed by atoms with E-state index in [1.165, 1.54) is 18.2 Å². The van der Waals surface area contributed by atoms with E-state index in [1.54, 1.807) is 64.2 Å². The molecule has 18 heteroatoms. The number of hydrogen-bond donors (Lipinski definition) is 1. The van der Waals surface area contributed by atoms with Gasteiger partial charge < -0.3 is 23.0 Å². The number of benzene rings is 2. The molecule has 7 nitrogen and oxygen atoms in total. The van der Waals surface area contributed by atoms with Gasteiger partial charge in [0.25, 0.3) is 5.91 Å². The Morgan fingerprint density at radius 2 is 1.35 bits per heavy atom. The van der Waals surface area contributed by atoms with E-state index in [0.29, 0.717) is 38.7 Å². The van der Waals surface area contributed by atoms with Crippen molar-refractivity contribution in [2.75, 3.05) is 6.61 Å². The van der Waals surface area contributed by atoms with E-state index in [2.05, 4.69) is 33.4 Å². The largest absolute Gasteiger partial charge is 1.00 e. The van der Waals surface area contributed by atoms with Gasteiger partial charge in [-0.25, -0.2) is 14.8 Å². The minimum Gasteiger partial charge on any atom is -0.461 e. The van der Waals surface area contributed by atoms with Gasteiger partial charge in [-0.3, -0.25) is 9.78 Å². The van der Waals surface area contributed by atoms with Gasteiger partial charge in [0, 0.05) is 17.0 Å². The van der Waals surface area contributed by atoms with E-state index in [-0.39, 0.29) is 92.9 Å². The van der Waals surface area contributed by atoms with Gasteiger partial charge in [0.2, 0.25) is 0 Å². The van der Waals surface area contributed by atoms with E-state index in [0.717, 1.165) is 12.1 Å². The SMILES string of the molecule is C=C[B-](F)(F)F.C=Cc1cc(C(F)(F)F)c2nc(C(=O)NCc3ccccn3)cc(C)c2c1.CCOC(=O)c1cc(C)c2cc(C)cc(C(F)(F)F)c2n1.[K+]. The number of nitrogens with one attached hydrogen (secondary N) is 1. The first-order valence-corrected chi connectivity index (χ1v) is 15.9. The van der Waals surface area contributed by atoms with E-state index < -0.39 is 42.3 Å². The number of halogens is 9. The number of rotatable bonds is 7. The summed E-state index contributed by atoms with van der Waals surface area (Å²) in [5, 5.41) is 3.35. The van der Waals surface area contributed by atoms with Crippen LogP contribution in [0.5, 0.6) is 0 Å². The fraction of sp³-hybridized carbons (Fsp3) is 0.216. The van der Waals surface area contributed by atoms with Crippen molar-refractivity contribution in [3.05, 3.63) is 130 Å². The number of nitrogens with zero attached hydrogens (tertiary/aromatic N) is 3. The summed E-state index contributed by atoms with van der Waals surface area (Å²) in [6, 6.07) is 13.4. The average Bonchev–Trinajstić information content (AvgIpc) is 3.10. The van der Waals surface area contributed by atoms with Gasteiger partial charge in [-0.2, -0.15) is 32.3 Å². The quantitative estimate of drug-likeness (QED) is 0.107. The third kappa shape index (κ3) is 13.3. The molecule has 1 amide bonds. The molecule has 0 bridgehead atoms. The topological polar surface area (TPSA) is 94.1 Å². The minimum atomic E-state index is -4.72. The zero-order valence-electron chi connectivity index (χ0n) is 30.3. The summed E-state index contributed by atoms with van der Waals surface area (Å²) in [7, 11) is 0. The van der Waals surface area contributed by atoms with Crippen LogP contribution in [-0.4, -0.2) is 40.4 Å². The first-order chi connectivity index (χ1) is 25.1. The van der Waals surface area contributed by atoms with Gasteiger partial charge in [0.05, 0.1) is 41.0 Å². The van der Waals surface area contributed by atoms with Crippen molar-refractivity contribution in [1.29, 1.82) is 0 Å². The molecule has 0 aliphatic heterocycles. The van der Waals surface area contributed by atoms with Crippen molar-refractivity contribution in [3.8, 4) is 0 Å². The summed E-state index contributed by atoms with van der Waals surface area (Å²) < 4.78 is 117. The predicted octanol–water partition coefficient (Wildman–Crippen LogP) is 7.14. The van der Waals surface area contributed by atoms with Crippen LogP contribution in [0.4, 0.5) is 39.3 Å². The number of aromatic nitrogens is 3. The van der Waals surface area contributed by atoms with E-state index in [1.807, 2.05) is 0 Å². The summed E-state index contributed by atoms with van der Waals surface area (Å²) in [5.41, 5.74) is 0.139. The number of carbonyl (C=O) groups is 2. The molecule has 55 heavy (non-hydrogen) atoms. The third-order valence-electron chi connectivity index (χ3n) is 7.39. The number of fused-ring (bicyclic) bond motifs is 2. The Kier molecular flexibility index (Phi) is 16.8. The molecule has 5 aromatic rings. The molecule has 3 aromatic heterocycles. The first kappa shape index (κ1) is 47.1. The molecule has 0 aliphatic rings. The summed E-state index contributed by atoms with van der Waals surface area (Å²) in [6.07, 6.45) is -6.19. The van der Waals surface area contributed by atoms with Crippen molar-refractivity contribution in [2.24, 2.45) is 0 Å². The second-order valence-electron chi connectivity index (χ2n) is 11.6. The zero-order valence-corrected chi connectivity index (χ0v) is 33.4. The molecule has 0 saturated carbocycles. The molecule has 2 aromatic carbocycles. The van der Waals surface area contributed by atoms with Gasteiger partial charge in [0.15, 0.2) is 0 Å². The fourth-order valence-corrected chi connectivity index (χ4v) is 4.89. The second-order valence-corrected chi connectivity index (χ2v) is 11.6. The van der Waals surface area contributed by atoms with Crippen LogP contribution in [0.3, 0.4) is 0 Å². The van der Waals surface area contributed by atoms with Gasteiger partial charge >= 0.3 is 76.7 Å².